The van der Waals surface area contributed by atoms with Crippen molar-refractivity contribution in [3.05, 3.63) is 69.7 Å². The molecule has 1 amide bonds. The Labute approximate surface area is 128 Å². The minimum atomic E-state index is 0.0121. The Balaban J connectivity index is 2.03. The minimum absolute atomic E-state index is 0.0121. The highest BCUT2D eigenvalue weighted by atomic mass is 35.5. The molecule has 0 spiro atoms. The van der Waals surface area contributed by atoms with Crippen LogP contribution in [0.1, 0.15) is 11.1 Å². The molecule has 0 aromatic heterocycles. The van der Waals surface area contributed by atoms with Crippen LogP contribution in [0, 0.1) is 0 Å². The Bertz CT molecular complexity index is 613. The number of hydrogen-bond donors (Lipinski definition) is 0. The molecule has 0 saturated heterocycles. The van der Waals surface area contributed by atoms with E-state index in [9.17, 15) is 4.79 Å². The summed E-state index contributed by atoms with van der Waals surface area (Å²) < 4.78 is 0. The number of carbonyl (C=O) groups excluding carboxylic acids is 1. The van der Waals surface area contributed by atoms with Crippen molar-refractivity contribution >= 4 is 29.1 Å². The van der Waals surface area contributed by atoms with Gasteiger partial charge in [-0.05, 0) is 23.3 Å². The van der Waals surface area contributed by atoms with E-state index in [-0.39, 0.29) is 5.91 Å². The first kappa shape index (κ1) is 14.9. The fourth-order valence-electron chi connectivity index (χ4n) is 1.91. The lowest BCUT2D eigenvalue weighted by Gasteiger charge is -2.18. The number of hydrogen-bond acceptors (Lipinski definition) is 1. The van der Waals surface area contributed by atoms with Gasteiger partial charge < -0.3 is 4.90 Å². The zero-order chi connectivity index (χ0) is 14.5. The fraction of sp³-hybridized carbons (Fsp3) is 0.188. The Morgan fingerprint density at radius 1 is 0.950 bits per heavy atom. The molecule has 0 aliphatic heterocycles. The summed E-state index contributed by atoms with van der Waals surface area (Å²) in [7, 11) is 1.77. The quantitative estimate of drug-likeness (QED) is 0.829. The molecular weight excluding hydrogens is 293 g/mol. The van der Waals surface area contributed by atoms with Crippen LogP contribution < -0.4 is 0 Å². The van der Waals surface area contributed by atoms with E-state index in [1.807, 2.05) is 42.5 Å². The Morgan fingerprint density at radius 3 is 2.00 bits per heavy atom. The van der Waals surface area contributed by atoms with Gasteiger partial charge in [0.1, 0.15) is 0 Å². The SMILES string of the molecule is CN(Cc1ccccc1Cl)C(=O)Cc1ccccc1Cl. The van der Waals surface area contributed by atoms with Crippen LogP contribution in [0.5, 0.6) is 0 Å². The maximum absolute atomic E-state index is 12.2. The van der Waals surface area contributed by atoms with E-state index in [0.717, 1.165) is 11.1 Å². The molecule has 2 aromatic rings. The van der Waals surface area contributed by atoms with Crippen molar-refractivity contribution in [3.63, 3.8) is 0 Å². The van der Waals surface area contributed by atoms with Crippen LogP contribution in [0.4, 0.5) is 0 Å². The second kappa shape index (κ2) is 6.78. The summed E-state index contributed by atoms with van der Waals surface area (Å²) >= 11 is 12.2. The smallest absolute Gasteiger partial charge is 0.227 e. The monoisotopic (exact) mass is 307 g/mol. The predicted octanol–water partition coefficient (Wildman–Crippen LogP) is 4.19. The number of rotatable bonds is 4. The van der Waals surface area contributed by atoms with Gasteiger partial charge in [0.15, 0.2) is 0 Å². The van der Waals surface area contributed by atoms with E-state index in [2.05, 4.69) is 0 Å². The van der Waals surface area contributed by atoms with Crippen molar-refractivity contribution < 1.29 is 4.79 Å². The lowest BCUT2D eigenvalue weighted by Crippen LogP contribution is -2.27. The third kappa shape index (κ3) is 3.75. The molecule has 0 aliphatic rings. The van der Waals surface area contributed by atoms with Crippen LogP contribution in [-0.2, 0) is 17.8 Å². The van der Waals surface area contributed by atoms with Gasteiger partial charge in [0.05, 0.1) is 6.42 Å². The van der Waals surface area contributed by atoms with E-state index in [0.29, 0.717) is 23.0 Å². The summed E-state index contributed by atoms with van der Waals surface area (Å²) in [4.78, 5) is 13.9. The zero-order valence-corrected chi connectivity index (χ0v) is 12.7. The van der Waals surface area contributed by atoms with Crippen molar-refractivity contribution in [2.24, 2.45) is 0 Å². The standard InChI is InChI=1S/C16H15Cl2NO/c1-19(11-13-7-3-5-9-15(13)18)16(20)10-12-6-2-4-8-14(12)17/h2-9H,10-11H2,1H3. The molecule has 0 aliphatic carbocycles. The molecule has 4 heteroatoms. The molecule has 20 heavy (non-hydrogen) atoms. The summed E-state index contributed by atoms with van der Waals surface area (Å²) in [6.45, 7) is 0.489. The van der Waals surface area contributed by atoms with Crippen LogP contribution in [0.2, 0.25) is 10.0 Å². The minimum Gasteiger partial charge on any atom is -0.341 e. The molecular formula is C16H15Cl2NO. The van der Waals surface area contributed by atoms with Crippen molar-refractivity contribution in [1.29, 1.82) is 0 Å². The van der Waals surface area contributed by atoms with Gasteiger partial charge in [-0.2, -0.15) is 0 Å². The zero-order valence-electron chi connectivity index (χ0n) is 11.1. The van der Waals surface area contributed by atoms with Crippen molar-refractivity contribution in [2.75, 3.05) is 7.05 Å². The lowest BCUT2D eigenvalue weighted by molar-refractivity contribution is -0.129. The van der Waals surface area contributed by atoms with Crippen LogP contribution >= 0.6 is 23.2 Å². The number of amides is 1. The van der Waals surface area contributed by atoms with Gasteiger partial charge in [-0.15, -0.1) is 0 Å². The average Bonchev–Trinajstić information content (AvgIpc) is 2.43. The highest BCUT2D eigenvalue weighted by molar-refractivity contribution is 6.31. The normalized spacial score (nSPS) is 10.3. The van der Waals surface area contributed by atoms with Gasteiger partial charge in [-0.3, -0.25) is 4.79 Å². The molecule has 0 heterocycles. The predicted molar refractivity (Wildman–Crippen MR) is 83.1 cm³/mol. The molecule has 0 atom stereocenters. The Kier molecular flexibility index (Phi) is 5.05. The third-order valence-electron chi connectivity index (χ3n) is 3.09. The van der Waals surface area contributed by atoms with E-state index >= 15 is 0 Å². The van der Waals surface area contributed by atoms with E-state index in [1.165, 1.54) is 0 Å². The first-order valence-corrected chi connectivity index (χ1v) is 7.04. The van der Waals surface area contributed by atoms with Gasteiger partial charge in [0, 0.05) is 23.6 Å². The summed E-state index contributed by atoms with van der Waals surface area (Å²) in [5.74, 6) is 0.0121. The molecule has 0 unspecified atom stereocenters. The van der Waals surface area contributed by atoms with E-state index in [4.69, 9.17) is 23.2 Å². The fourth-order valence-corrected chi connectivity index (χ4v) is 2.31. The number of benzene rings is 2. The van der Waals surface area contributed by atoms with Gasteiger partial charge in [-0.25, -0.2) is 0 Å². The molecule has 2 aromatic carbocycles. The van der Waals surface area contributed by atoms with Crippen LogP contribution in [-0.4, -0.2) is 17.9 Å². The molecule has 104 valence electrons. The topological polar surface area (TPSA) is 20.3 Å². The second-order valence-corrected chi connectivity index (χ2v) is 5.42. The van der Waals surface area contributed by atoms with Gasteiger partial charge in [-0.1, -0.05) is 59.6 Å². The van der Waals surface area contributed by atoms with E-state index in [1.54, 1.807) is 18.0 Å². The van der Waals surface area contributed by atoms with Gasteiger partial charge >= 0.3 is 0 Å². The molecule has 0 saturated carbocycles. The summed E-state index contributed by atoms with van der Waals surface area (Å²) in [6, 6.07) is 14.9. The first-order valence-electron chi connectivity index (χ1n) is 6.28. The number of nitrogens with zero attached hydrogens (tertiary/aromatic N) is 1. The molecule has 0 N–H and O–H groups in total. The van der Waals surface area contributed by atoms with Crippen LogP contribution in [0.25, 0.3) is 0 Å². The Morgan fingerprint density at radius 2 is 1.45 bits per heavy atom. The summed E-state index contributed by atoms with van der Waals surface area (Å²) in [5, 5.41) is 1.29. The average molecular weight is 308 g/mol. The maximum atomic E-state index is 12.2. The molecule has 0 bridgehead atoms. The third-order valence-corrected chi connectivity index (χ3v) is 3.83. The van der Waals surface area contributed by atoms with Gasteiger partial charge in [0.2, 0.25) is 5.91 Å². The first-order chi connectivity index (χ1) is 9.58. The molecule has 2 rings (SSSR count). The molecule has 0 fully saturated rings. The van der Waals surface area contributed by atoms with Gasteiger partial charge in [0.25, 0.3) is 0 Å². The molecule has 2 nitrogen and oxygen atoms in total. The second-order valence-electron chi connectivity index (χ2n) is 4.61. The van der Waals surface area contributed by atoms with Crippen molar-refractivity contribution in [3.8, 4) is 0 Å². The highest BCUT2D eigenvalue weighted by Crippen LogP contribution is 2.19. The number of likely N-dealkylation sites (N-methyl/N-ethyl adjacent to an activating group) is 1. The lowest BCUT2D eigenvalue weighted by atomic mass is 10.1. The molecule has 0 radical (unpaired) electrons. The highest BCUT2D eigenvalue weighted by Gasteiger charge is 2.13. The van der Waals surface area contributed by atoms with Crippen molar-refractivity contribution in [1.82, 2.24) is 4.90 Å². The summed E-state index contributed by atoms with van der Waals surface area (Å²) in [5.41, 5.74) is 1.77. The van der Waals surface area contributed by atoms with E-state index < -0.39 is 0 Å². The number of carbonyl (C=O) groups is 1. The Hall–Kier alpha value is -1.51. The largest absolute Gasteiger partial charge is 0.341 e. The van der Waals surface area contributed by atoms with Crippen molar-refractivity contribution in [2.45, 2.75) is 13.0 Å². The van der Waals surface area contributed by atoms with Crippen LogP contribution in [0.3, 0.4) is 0 Å². The summed E-state index contributed by atoms with van der Waals surface area (Å²) in [6.07, 6.45) is 0.292. The number of halogens is 2. The van der Waals surface area contributed by atoms with Crippen LogP contribution in [0.15, 0.2) is 48.5 Å². The maximum Gasteiger partial charge on any atom is 0.227 e.